The molecule has 0 bridgehead atoms. The van der Waals surface area contributed by atoms with Crippen molar-refractivity contribution in [1.29, 1.82) is 5.26 Å². The van der Waals surface area contributed by atoms with Crippen LogP contribution >= 0.6 is 11.3 Å². The molecule has 1 saturated heterocycles. The van der Waals surface area contributed by atoms with Crippen molar-refractivity contribution in [1.82, 2.24) is 0 Å². The van der Waals surface area contributed by atoms with E-state index in [1.165, 1.54) is 17.8 Å². The number of hydrogen-bond donors (Lipinski definition) is 0. The van der Waals surface area contributed by atoms with Crippen LogP contribution < -0.4 is 4.90 Å². The second kappa shape index (κ2) is 3.16. The Bertz CT molecular complexity index is 305. The van der Waals surface area contributed by atoms with Gasteiger partial charge < -0.3 is 4.90 Å². The molecule has 3 heteroatoms. The summed E-state index contributed by atoms with van der Waals surface area (Å²) in [7, 11) is 0. The van der Waals surface area contributed by atoms with Crippen LogP contribution in [-0.4, -0.2) is 13.1 Å². The van der Waals surface area contributed by atoms with Crippen LogP contribution in [0.5, 0.6) is 0 Å². The number of hydrogen-bond acceptors (Lipinski definition) is 3. The van der Waals surface area contributed by atoms with Crippen molar-refractivity contribution in [3.05, 3.63) is 17.0 Å². The number of nitrogens with zero attached hydrogens (tertiary/aromatic N) is 2. The molecule has 0 N–H and O–H groups in total. The first-order valence-corrected chi connectivity index (χ1v) is 4.97. The third-order valence-electron chi connectivity index (χ3n) is 2.12. The third kappa shape index (κ3) is 1.30. The average Bonchev–Trinajstić information content (AvgIpc) is 2.75. The fourth-order valence-corrected chi connectivity index (χ4v) is 2.35. The summed E-state index contributed by atoms with van der Waals surface area (Å²) in [6.45, 7) is 2.32. The Labute approximate surface area is 76.0 Å². The van der Waals surface area contributed by atoms with Gasteiger partial charge in [-0.1, -0.05) is 0 Å². The van der Waals surface area contributed by atoms with Gasteiger partial charge in [-0.05, 0) is 25.0 Å². The smallest absolute Gasteiger partial charge is 0.110 e. The van der Waals surface area contributed by atoms with Gasteiger partial charge in [0, 0.05) is 13.1 Å². The molecule has 0 saturated carbocycles. The lowest BCUT2D eigenvalue weighted by atomic mass is 10.4. The molecule has 1 fully saturated rings. The first kappa shape index (κ1) is 7.63. The number of nitriles is 1. The van der Waals surface area contributed by atoms with Crippen LogP contribution in [0.1, 0.15) is 17.7 Å². The number of rotatable bonds is 1. The Hall–Kier alpha value is -1.01. The monoisotopic (exact) mass is 178 g/mol. The minimum Gasteiger partial charge on any atom is -0.363 e. The second-order valence-electron chi connectivity index (χ2n) is 2.94. The van der Waals surface area contributed by atoms with E-state index in [4.69, 9.17) is 5.26 Å². The first-order chi connectivity index (χ1) is 5.90. The van der Waals surface area contributed by atoms with Gasteiger partial charge in [-0.3, -0.25) is 0 Å². The quantitative estimate of drug-likeness (QED) is 0.659. The number of thiophene rings is 1. The Morgan fingerprint density at radius 1 is 1.33 bits per heavy atom. The van der Waals surface area contributed by atoms with Crippen LogP contribution in [-0.2, 0) is 0 Å². The summed E-state index contributed by atoms with van der Waals surface area (Å²) in [4.78, 5) is 3.17. The predicted molar refractivity (Wildman–Crippen MR) is 50.5 cm³/mol. The van der Waals surface area contributed by atoms with Crippen LogP contribution in [0.3, 0.4) is 0 Å². The molecule has 0 atom stereocenters. The van der Waals surface area contributed by atoms with E-state index in [-0.39, 0.29) is 0 Å². The summed E-state index contributed by atoms with van der Waals surface area (Å²) in [5.41, 5.74) is 0. The lowest BCUT2D eigenvalue weighted by Gasteiger charge is -2.13. The Balaban J connectivity index is 2.17. The van der Waals surface area contributed by atoms with Crippen molar-refractivity contribution in [3.8, 4) is 6.07 Å². The zero-order valence-corrected chi connectivity index (χ0v) is 7.60. The van der Waals surface area contributed by atoms with E-state index < -0.39 is 0 Å². The highest BCUT2D eigenvalue weighted by molar-refractivity contribution is 7.16. The zero-order valence-electron chi connectivity index (χ0n) is 6.79. The van der Waals surface area contributed by atoms with Gasteiger partial charge in [-0.15, -0.1) is 11.3 Å². The molecule has 1 aromatic heterocycles. The van der Waals surface area contributed by atoms with Gasteiger partial charge in [0.25, 0.3) is 0 Å². The SMILES string of the molecule is N#Cc1ccc(N2CCCC2)s1. The van der Waals surface area contributed by atoms with Crippen LogP contribution in [0, 0.1) is 11.3 Å². The van der Waals surface area contributed by atoms with E-state index in [1.54, 1.807) is 11.3 Å². The molecule has 2 rings (SSSR count). The molecule has 1 aromatic rings. The normalized spacial score (nSPS) is 16.4. The van der Waals surface area contributed by atoms with Crippen molar-refractivity contribution in [2.45, 2.75) is 12.8 Å². The van der Waals surface area contributed by atoms with Crippen molar-refractivity contribution >= 4 is 16.3 Å². The van der Waals surface area contributed by atoms with Gasteiger partial charge in [0.1, 0.15) is 10.9 Å². The minimum atomic E-state index is 0.817. The summed E-state index contributed by atoms with van der Waals surface area (Å²) < 4.78 is 0. The lowest BCUT2D eigenvalue weighted by Crippen LogP contribution is -2.15. The fourth-order valence-electron chi connectivity index (χ4n) is 1.50. The molecule has 0 radical (unpaired) electrons. The van der Waals surface area contributed by atoms with Gasteiger partial charge in [0.15, 0.2) is 0 Å². The lowest BCUT2D eigenvalue weighted by molar-refractivity contribution is 0.949. The summed E-state index contributed by atoms with van der Waals surface area (Å²) in [6, 6.07) is 6.11. The molecule has 2 nitrogen and oxygen atoms in total. The summed E-state index contributed by atoms with van der Waals surface area (Å²) in [5.74, 6) is 0. The van der Waals surface area contributed by atoms with Gasteiger partial charge in [0.05, 0.1) is 5.00 Å². The fraction of sp³-hybridized carbons (Fsp3) is 0.444. The largest absolute Gasteiger partial charge is 0.363 e. The number of anilines is 1. The van der Waals surface area contributed by atoms with Gasteiger partial charge in [-0.2, -0.15) is 5.26 Å². The maximum Gasteiger partial charge on any atom is 0.110 e. The molecule has 62 valence electrons. The van der Waals surface area contributed by atoms with Crippen LogP contribution in [0.25, 0.3) is 0 Å². The molecule has 1 aliphatic rings. The molecular weight excluding hydrogens is 168 g/mol. The maximum atomic E-state index is 8.64. The highest BCUT2D eigenvalue weighted by Gasteiger charge is 2.13. The summed E-state index contributed by atoms with van der Waals surface area (Å²) >= 11 is 1.59. The molecule has 2 heterocycles. The van der Waals surface area contributed by atoms with E-state index in [0.717, 1.165) is 18.0 Å². The Morgan fingerprint density at radius 2 is 2.08 bits per heavy atom. The minimum absolute atomic E-state index is 0.817. The molecule has 0 amide bonds. The molecule has 0 spiro atoms. The average molecular weight is 178 g/mol. The second-order valence-corrected chi connectivity index (χ2v) is 4.01. The molecule has 0 aromatic carbocycles. The molecular formula is C9H10N2S. The van der Waals surface area contributed by atoms with Crippen molar-refractivity contribution in [2.75, 3.05) is 18.0 Å². The molecule has 1 aliphatic heterocycles. The molecule has 12 heavy (non-hydrogen) atoms. The van der Waals surface area contributed by atoms with E-state index in [9.17, 15) is 0 Å². The Morgan fingerprint density at radius 3 is 2.67 bits per heavy atom. The first-order valence-electron chi connectivity index (χ1n) is 4.15. The third-order valence-corrected chi connectivity index (χ3v) is 3.17. The molecule has 0 unspecified atom stereocenters. The van der Waals surface area contributed by atoms with Crippen LogP contribution in [0.2, 0.25) is 0 Å². The van der Waals surface area contributed by atoms with E-state index >= 15 is 0 Å². The van der Waals surface area contributed by atoms with Crippen LogP contribution in [0.15, 0.2) is 12.1 Å². The molecule has 0 aliphatic carbocycles. The highest BCUT2D eigenvalue weighted by atomic mass is 32.1. The van der Waals surface area contributed by atoms with E-state index in [0.29, 0.717) is 0 Å². The summed E-state index contributed by atoms with van der Waals surface area (Å²) in [6.07, 6.45) is 2.58. The highest BCUT2D eigenvalue weighted by Crippen LogP contribution is 2.28. The van der Waals surface area contributed by atoms with E-state index in [2.05, 4.69) is 17.0 Å². The topological polar surface area (TPSA) is 27.0 Å². The van der Waals surface area contributed by atoms with Gasteiger partial charge >= 0.3 is 0 Å². The van der Waals surface area contributed by atoms with E-state index in [1.807, 2.05) is 6.07 Å². The van der Waals surface area contributed by atoms with Crippen LogP contribution in [0.4, 0.5) is 5.00 Å². The van der Waals surface area contributed by atoms with Crippen molar-refractivity contribution in [3.63, 3.8) is 0 Å². The predicted octanol–water partition coefficient (Wildman–Crippen LogP) is 2.22. The maximum absolute atomic E-state index is 8.64. The zero-order chi connectivity index (χ0) is 8.39. The van der Waals surface area contributed by atoms with Gasteiger partial charge in [0.2, 0.25) is 0 Å². The van der Waals surface area contributed by atoms with Gasteiger partial charge in [-0.25, -0.2) is 0 Å². The van der Waals surface area contributed by atoms with Crippen molar-refractivity contribution < 1.29 is 0 Å². The summed E-state index contributed by atoms with van der Waals surface area (Å²) in [5, 5.41) is 9.89. The Kier molecular flexibility index (Phi) is 2.01. The standard InChI is InChI=1S/C9H10N2S/c10-7-8-3-4-9(12-8)11-5-1-2-6-11/h3-4H,1-2,5-6H2. The van der Waals surface area contributed by atoms with Crippen molar-refractivity contribution in [2.24, 2.45) is 0 Å².